The summed E-state index contributed by atoms with van der Waals surface area (Å²) < 4.78 is 5.46. The maximum absolute atomic E-state index is 12.7. The first-order chi connectivity index (χ1) is 13.8. The molecular weight excluding hydrogens is 366 g/mol. The van der Waals surface area contributed by atoms with Crippen molar-refractivity contribution in [2.45, 2.75) is 38.0 Å². The van der Waals surface area contributed by atoms with E-state index in [0.29, 0.717) is 16.7 Å². The van der Waals surface area contributed by atoms with Crippen LogP contribution in [0.2, 0.25) is 0 Å². The summed E-state index contributed by atoms with van der Waals surface area (Å²) >= 11 is 0. The molecular formula is C23H25N3O3. The molecule has 0 bridgehead atoms. The standard InChI is InChI=1S/C23H25N3O3/c1-22(2,3)29-21(27)26-20(17-9-5-4-6-10-17)23(28,18-11-7-13-24-15-18)19-12-8-14-25-16-19/h4-16,20,28H,1-3H3,(H,26,27)/t20-/m1/s1. The fourth-order valence-corrected chi connectivity index (χ4v) is 3.18. The van der Waals surface area contributed by atoms with Gasteiger partial charge in [-0.1, -0.05) is 42.5 Å². The molecule has 0 spiro atoms. The van der Waals surface area contributed by atoms with Gasteiger partial charge in [-0.2, -0.15) is 0 Å². The largest absolute Gasteiger partial charge is 0.444 e. The molecule has 0 aliphatic heterocycles. The lowest BCUT2D eigenvalue weighted by Crippen LogP contribution is -2.46. The quantitative estimate of drug-likeness (QED) is 0.687. The number of nitrogens with zero attached hydrogens (tertiary/aromatic N) is 2. The van der Waals surface area contributed by atoms with Gasteiger partial charge in [0.05, 0.1) is 6.04 Å². The molecule has 0 unspecified atom stereocenters. The van der Waals surface area contributed by atoms with Gasteiger partial charge in [0.1, 0.15) is 11.2 Å². The van der Waals surface area contributed by atoms with Crippen LogP contribution in [-0.4, -0.2) is 26.8 Å². The van der Waals surface area contributed by atoms with Crippen LogP contribution in [0.3, 0.4) is 0 Å². The predicted molar refractivity (Wildman–Crippen MR) is 110 cm³/mol. The number of rotatable bonds is 5. The topological polar surface area (TPSA) is 84.3 Å². The number of carbonyl (C=O) groups excluding carboxylic acids is 1. The van der Waals surface area contributed by atoms with Gasteiger partial charge in [0.2, 0.25) is 0 Å². The van der Waals surface area contributed by atoms with Gasteiger partial charge in [0.15, 0.2) is 0 Å². The molecule has 2 aromatic heterocycles. The minimum atomic E-state index is -1.62. The summed E-state index contributed by atoms with van der Waals surface area (Å²) in [5, 5.41) is 14.9. The molecule has 1 amide bonds. The van der Waals surface area contributed by atoms with Crippen molar-refractivity contribution >= 4 is 6.09 Å². The van der Waals surface area contributed by atoms with Crippen molar-refractivity contribution in [1.82, 2.24) is 15.3 Å². The second-order valence-electron chi connectivity index (χ2n) is 7.74. The van der Waals surface area contributed by atoms with Crippen LogP contribution in [0.5, 0.6) is 0 Å². The summed E-state index contributed by atoms with van der Waals surface area (Å²) in [6, 6.07) is 15.5. The lowest BCUT2D eigenvalue weighted by Gasteiger charge is -2.37. The smallest absolute Gasteiger partial charge is 0.408 e. The molecule has 0 saturated carbocycles. The highest BCUT2D eigenvalue weighted by molar-refractivity contribution is 5.69. The Kier molecular flexibility index (Phi) is 5.94. The second kappa shape index (κ2) is 8.41. The third-order valence-electron chi connectivity index (χ3n) is 4.42. The third-order valence-corrected chi connectivity index (χ3v) is 4.42. The Hall–Kier alpha value is -3.25. The van der Waals surface area contributed by atoms with Crippen LogP contribution in [-0.2, 0) is 10.3 Å². The van der Waals surface area contributed by atoms with Crippen molar-refractivity contribution in [2.24, 2.45) is 0 Å². The Labute approximate surface area is 170 Å². The number of hydrogen-bond donors (Lipinski definition) is 2. The van der Waals surface area contributed by atoms with Crippen LogP contribution in [0.15, 0.2) is 79.4 Å². The predicted octanol–water partition coefficient (Wildman–Crippen LogP) is 3.98. The molecule has 6 nitrogen and oxygen atoms in total. The van der Waals surface area contributed by atoms with Gasteiger partial charge in [-0.15, -0.1) is 0 Å². The number of hydrogen-bond acceptors (Lipinski definition) is 5. The van der Waals surface area contributed by atoms with Gasteiger partial charge < -0.3 is 15.2 Å². The summed E-state index contributed by atoms with van der Waals surface area (Å²) in [7, 11) is 0. The van der Waals surface area contributed by atoms with E-state index in [1.54, 1.807) is 69.8 Å². The fraction of sp³-hybridized carbons (Fsp3) is 0.261. The van der Waals surface area contributed by atoms with Crippen LogP contribution in [0.25, 0.3) is 0 Å². The molecule has 1 atom stereocenters. The average Bonchev–Trinajstić information content (AvgIpc) is 2.72. The summed E-state index contributed by atoms with van der Waals surface area (Å²) in [6.45, 7) is 5.37. The highest BCUT2D eigenvalue weighted by atomic mass is 16.6. The lowest BCUT2D eigenvalue weighted by atomic mass is 9.78. The van der Waals surface area contributed by atoms with E-state index in [1.165, 1.54) is 0 Å². The van der Waals surface area contributed by atoms with Crippen LogP contribution in [0, 0.1) is 0 Å². The molecule has 150 valence electrons. The fourth-order valence-electron chi connectivity index (χ4n) is 3.18. The van der Waals surface area contributed by atoms with Crippen LogP contribution >= 0.6 is 0 Å². The summed E-state index contributed by atoms with van der Waals surface area (Å²) in [5.41, 5.74) is -0.531. The van der Waals surface area contributed by atoms with Crippen molar-refractivity contribution in [3.8, 4) is 0 Å². The molecule has 29 heavy (non-hydrogen) atoms. The Morgan fingerprint density at radius 3 is 1.93 bits per heavy atom. The molecule has 2 N–H and O–H groups in total. The van der Waals surface area contributed by atoms with E-state index in [1.807, 2.05) is 30.3 Å². The SMILES string of the molecule is CC(C)(C)OC(=O)N[C@H](c1ccccc1)C(O)(c1cccnc1)c1cccnc1. The van der Waals surface area contributed by atoms with E-state index in [4.69, 9.17) is 4.74 Å². The molecule has 3 aromatic rings. The monoisotopic (exact) mass is 391 g/mol. The first-order valence-corrected chi connectivity index (χ1v) is 9.38. The van der Waals surface area contributed by atoms with E-state index in [2.05, 4.69) is 15.3 Å². The lowest BCUT2D eigenvalue weighted by molar-refractivity contribution is 0.0155. The highest BCUT2D eigenvalue weighted by Crippen LogP contribution is 2.40. The van der Waals surface area contributed by atoms with Crippen LogP contribution < -0.4 is 5.32 Å². The minimum Gasteiger partial charge on any atom is -0.444 e. The van der Waals surface area contributed by atoms with Crippen LogP contribution in [0.1, 0.15) is 43.5 Å². The number of benzene rings is 1. The first-order valence-electron chi connectivity index (χ1n) is 9.38. The van der Waals surface area contributed by atoms with E-state index in [9.17, 15) is 9.90 Å². The Balaban J connectivity index is 2.14. The summed E-state index contributed by atoms with van der Waals surface area (Å²) in [6.07, 6.45) is 5.80. The molecule has 6 heteroatoms. The average molecular weight is 391 g/mol. The van der Waals surface area contributed by atoms with E-state index in [-0.39, 0.29) is 0 Å². The number of ether oxygens (including phenoxy) is 1. The highest BCUT2D eigenvalue weighted by Gasteiger charge is 2.43. The summed E-state index contributed by atoms with van der Waals surface area (Å²) in [4.78, 5) is 21.0. The van der Waals surface area contributed by atoms with Gasteiger partial charge in [-0.05, 0) is 38.5 Å². The van der Waals surface area contributed by atoms with E-state index >= 15 is 0 Å². The maximum Gasteiger partial charge on any atom is 0.408 e. The number of aliphatic hydroxyl groups is 1. The summed E-state index contributed by atoms with van der Waals surface area (Å²) in [5.74, 6) is 0. The number of pyridine rings is 2. The first kappa shape index (κ1) is 20.5. The van der Waals surface area contributed by atoms with Crippen molar-refractivity contribution in [2.75, 3.05) is 0 Å². The Morgan fingerprint density at radius 1 is 0.931 bits per heavy atom. The number of aromatic nitrogens is 2. The molecule has 2 heterocycles. The molecule has 0 aliphatic rings. The molecule has 1 aromatic carbocycles. The van der Waals surface area contributed by atoms with Crippen molar-refractivity contribution in [1.29, 1.82) is 0 Å². The number of amides is 1. The number of nitrogens with one attached hydrogen (secondary N) is 1. The zero-order chi connectivity index (χ0) is 20.9. The molecule has 3 rings (SSSR count). The Morgan fingerprint density at radius 2 is 1.48 bits per heavy atom. The zero-order valence-corrected chi connectivity index (χ0v) is 16.7. The van der Waals surface area contributed by atoms with Crippen molar-refractivity contribution in [3.63, 3.8) is 0 Å². The van der Waals surface area contributed by atoms with Gasteiger partial charge in [-0.25, -0.2) is 4.79 Å². The van der Waals surface area contributed by atoms with Gasteiger partial charge in [-0.3, -0.25) is 9.97 Å². The molecule has 0 radical (unpaired) electrons. The van der Waals surface area contributed by atoms with Gasteiger partial charge >= 0.3 is 6.09 Å². The van der Waals surface area contributed by atoms with Crippen molar-refractivity contribution < 1.29 is 14.6 Å². The molecule has 0 saturated heterocycles. The molecule has 0 fully saturated rings. The zero-order valence-electron chi connectivity index (χ0n) is 16.7. The second-order valence-corrected chi connectivity index (χ2v) is 7.74. The van der Waals surface area contributed by atoms with Crippen molar-refractivity contribution in [3.05, 3.63) is 96.1 Å². The third kappa shape index (κ3) is 4.78. The van der Waals surface area contributed by atoms with E-state index in [0.717, 1.165) is 0 Å². The minimum absolute atomic E-state index is 0.526. The van der Waals surface area contributed by atoms with Gasteiger partial charge in [0, 0.05) is 35.9 Å². The number of alkyl carbamates (subject to hydrolysis) is 1. The Bertz CT molecular complexity index is 886. The number of carbonyl (C=O) groups is 1. The normalized spacial score (nSPS) is 12.8. The van der Waals surface area contributed by atoms with E-state index < -0.39 is 23.3 Å². The van der Waals surface area contributed by atoms with Gasteiger partial charge in [0.25, 0.3) is 0 Å². The molecule has 0 aliphatic carbocycles. The maximum atomic E-state index is 12.7. The van der Waals surface area contributed by atoms with Crippen LogP contribution in [0.4, 0.5) is 4.79 Å².